The monoisotopic (exact) mass is 328 g/mol. The van der Waals surface area contributed by atoms with E-state index in [4.69, 9.17) is 4.52 Å². The Morgan fingerprint density at radius 2 is 2.21 bits per heavy atom. The highest BCUT2D eigenvalue weighted by Gasteiger charge is 2.18. The molecule has 0 aromatic carbocycles. The van der Waals surface area contributed by atoms with Crippen LogP contribution < -0.4 is 5.32 Å². The lowest BCUT2D eigenvalue weighted by molar-refractivity contribution is 0.273. The third kappa shape index (κ3) is 4.10. The first-order chi connectivity index (χ1) is 11.8. The van der Waals surface area contributed by atoms with Crippen molar-refractivity contribution in [3.8, 4) is 11.6 Å². The Bertz CT molecular complexity index is 661. The molecule has 3 heterocycles. The first-order valence-electron chi connectivity index (χ1n) is 8.46. The molecule has 0 spiro atoms. The predicted molar refractivity (Wildman–Crippen MR) is 92.6 cm³/mol. The van der Waals surface area contributed by atoms with Crippen molar-refractivity contribution in [3.63, 3.8) is 0 Å². The number of nitrogens with one attached hydrogen (secondary N) is 1. The van der Waals surface area contributed by atoms with E-state index in [0.29, 0.717) is 23.8 Å². The van der Waals surface area contributed by atoms with Crippen LogP contribution in [0.15, 0.2) is 33.9 Å². The highest BCUT2D eigenvalue weighted by Crippen LogP contribution is 2.16. The van der Waals surface area contributed by atoms with Crippen LogP contribution in [0.3, 0.4) is 0 Å². The molecule has 0 saturated carbocycles. The second-order valence-corrected chi connectivity index (χ2v) is 6.12. The number of rotatable bonds is 4. The number of likely N-dealkylation sites (tertiary alicyclic amines) is 1. The molecule has 0 unspecified atom stereocenters. The Morgan fingerprint density at radius 3 is 2.92 bits per heavy atom. The molecule has 128 valence electrons. The second kappa shape index (κ2) is 7.90. The number of hydrogen-bond donors (Lipinski definition) is 1. The van der Waals surface area contributed by atoms with Gasteiger partial charge in [0.2, 0.25) is 0 Å². The maximum Gasteiger partial charge on any atom is 0.276 e. The van der Waals surface area contributed by atoms with Crippen molar-refractivity contribution in [2.45, 2.75) is 26.2 Å². The Labute approximate surface area is 142 Å². The second-order valence-electron chi connectivity index (χ2n) is 6.12. The van der Waals surface area contributed by atoms with E-state index in [1.807, 2.05) is 25.2 Å². The Hall–Kier alpha value is -2.44. The molecule has 3 rings (SSSR count). The van der Waals surface area contributed by atoms with Gasteiger partial charge in [0, 0.05) is 39.3 Å². The summed E-state index contributed by atoms with van der Waals surface area (Å²) >= 11 is 0. The van der Waals surface area contributed by atoms with Gasteiger partial charge in [0.1, 0.15) is 5.69 Å². The predicted octanol–water partition coefficient (Wildman–Crippen LogP) is 1.98. The van der Waals surface area contributed by atoms with Gasteiger partial charge in [-0.3, -0.25) is 9.98 Å². The van der Waals surface area contributed by atoms with E-state index in [-0.39, 0.29) is 0 Å². The number of hydrogen-bond acceptors (Lipinski definition) is 5. The third-order valence-electron chi connectivity index (χ3n) is 4.28. The van der Waals surface area contributed by atoms with E-state index < -0.39 is 0 Å². The van der Waals surface area contributed by atoms with E-state index >= 15 is 0 Å². The largest absolute Gasteiger partial charge is 0.356 e. The molecular weight excluding hydrogens is 304 g/mol. The van der Waals surface area contributed by atoms with Crippen LogP contribution in [0.4, 0.5) is 0 Å². The molecule has 24 heavy (non-hydrogen) atoms. The zero-order valence-corrected chi connectivity index (χ0v) is 14.3. The molecule has 0 bridgehead atoms. The standard InChI is InChI=1S/C17H24N6O/c1-13-7-11-23(12-8-13)17(18-2)20-10-6-15-21-16(24-22-15)14-5-3-4-9-19-14/h3-5,9,13H,6-8,10-12H2,1-2H3,(H,18,20). The SMILES string of the molecule is CN=C(NCCc1noc(-c2ccccn2)n1)N1CCC(C)CC1. The van der Waals surface area contributed by atoms with Crippen LogP contribution in [0, 0.1) is 5.92 Å². The van der Waals surface area contributed by atoms with Gasteiger partial charge in [-0.2, -0.15) is 4.98 Å². The first kappa shape index (κ1) is 16.4. The van der Waals surface area contributed by atoms with E-state index in [1.165, 1.54) is 12.8 Å². The molecule has 2 aromatic heterocycles. The third-order valence-corrected chi connectivity index (χ3v) is 4.28. The summed E-state index contributed by atoms with van der Waals surface area (Å²) in [6, 6.07) is 5.61. The molecule has 1 N–H and O–H groups in total. The summed E-state index contributed by atoms with van der Waals surface area (Å²) in [6.45, 7) is 5.16. The van der Waals surface area contributed by atoms with Crippen molar-refractivity contribution in [2.24, 2.45) is 10.9 Å². The maximum atomic E-state index is 5.27. The Morgan fingerprint density at radius 1 is 1.38 bits per heavy atom. The van der Waals surface area contributed by atoms with E-state index in [9.17, 15) is 0 Å². The van der Waals surface area contributed by atoms with Crippen LogP contribution in [0.1, 0.15) is 25.6 Å². The molecule has 1 aliphatic rings. The molecule has 1 fully saturated rings. The summed E-state index contributed by atoms with van der Waals surface area (Å²) in [5.41, 5.74) is 0.697. The van der Waals surface area contributed by atoms with Crippen molar-refractivity contribution >= 4 is 5.96 Å². The summed E-state index contributed by atoms with van der Waals surface area (Å²) in [5, 5.41) is 7.41. The summed E-state index contributed by atoms with van der Waals surface area (Å²) in [6.07, 6.45) is 4.84. The van der Waals surface area contributed by atoms with Crippen molar-refractivity contribution in [1.82, 2.24) is 25.3 Å². The van der Waals surface area contributed by atoms with Gasteiger partial charge in [-0.25, -0.2) is 0 Å². The Balaban J connectivity index is 1.50. The van der Waals surface area contributed by atoms with Gasteiger partial charge in [-0.05, 0) is 30.9 Å². The quantitative estimate of drug-likeness (QED) is 0.683. The first-order valence-corrected chi connectivity index (χ1v) is 8.46. The smallest absolute Gasteiger partial charge is 0.276 e. The van der Waals surface area contributed by atoms with Crippen LogP contribution in [-0.4, -0.2) is 52.7 Å². The lowest BCUT2D eigenvalue weighted by Gasteiger charge is -2.32. The highest BCUT2D eigenvalue weighted by molar-refractivity contribution is 5.79. The number of guanidine groups is 1. The average Bonchev–Trinajstić information content (AvgIpc) is 3.09. The van der Waals surface area contributed by atoms with Gasteiger partial charge in [0.25, 0.3) is 5.89 Å². The van der Waals surface area contributed by atoms with Gasteiger partial charge in [0.05, 0.1) is 0 Å². The molecule has 2 aromatic rings. The van der Waals surface area contributed by atoms with E-state index in [2.05, 4.69) is 37.3 Å². The van der Waals surface area contributed by atoms with Crippen LogP contribution >= 0.6 is 0 Å². The van der Waals surface area contributed by atoms with Crippen LogP contribution in [0.5, 0.6) is 0 Å². The van der Waals surface area contributed by atoms with Gasteiger partial charge in [-0.15, -0.1) is 0 Å². The maximum absolute atomic E-state index is 5.27. The molecular formula is C17H24N6O. The molecule has 1 saturated heterocycles. The minimum atomic E-state index is 0.458. The molecule has 1 aliphatic heterocycles. The summed E-state index contributed by atoms with van der Waals surface area (Å²) in [4.78, 5) is 15.3. The minimum absolute atomic E-state index is 0.458. The minimum Gasteiger partial charge on any atom is -0.356 e. The number of aromatic nitrogens is 3. The number of nitrogens with zero attached hydrogens (tertiary/aromatic N) is 5. The fraction of sp³-hybridized carbons (Fsp3) is 0.529. The number of piperidine rings is 1. The summed E-state index contributed by atoms with van der Waals surface area (Å²) < 4.78 is 5.27. The summed E-state index contributed by atoms with van der Waals surface area (Å²) in [7, 11) is 1.83. The molecule has 7 heteroatoms. The fourth-order valence-corrected chi connectivity index (χ4v) is 2.79. The van der Waals surface area contributed by atoms with E-state index in [0.717, 1.165) is 31.5 Å². The van der Waals surface area contributed by atoms with Crippen molar-refractivity contribution in [2.75, 3.05) is 26.7 Å². The normalized spacial score (nSPS) is 16.4. The zero-order chi connectivity index (χ0) is 16.8. The van der Waals surface area contributed by atoms with Gasteiger partial charge < -0.3 is 14.7 Å². The van der Waals surface area contributed by atoms with Crippen molar-refractivity contribution < 1.29 is 4.52 Å². The lowest BCUT2D eigenvalue weighted by Crippen LogP contribution is -2.45. The van der Waals surface area contributed by atoms with Gasteiger partial charge in [0.15, 0.2) is 11.8 Å². The topological polar surface area (TPSA) is 79.4 Å². The van der Waals surface area contributed by atoms with Crippen LogP contribution in [-0.2, 0) is 6.42 Å². The van der Waals surface area contributed by atoms with Gasteiger partial charge in [-0.1, -0.05) is 18.1 Å². The molecule has 0 aliphatic carbocycles. The van der Waals surface area contributed by atoms with Gasteiger partial charge >= 0.3 is 0 Å². The average molecular weight is 328 g/mol. The van der Waals surface area contributed by atoms with Crippen LogP contribution in [0.2, 0.25) is 0 Å². The molecule has 7 nitrogen and oxygen atoms in total. The zero-order valence-electron chi connectivity index (χ0n) is 14.3. The van der Waals surface area contributed by atoms with Crippen molar-refractivity contribution in [1.29, 1.82) is 0 Å². The van der Waals surface area contributed by atoms with Crippen molar-refractivity contribution in [3.05, 3.63) is 30.2 Å². The molecule has 0 amide bonds. The fourth-order valence-electron chi connectivity index (χ4n) is 2.79. The Kier molecular flexibility index (Phi) is 5.40. The van der Waals surface area contributed by atoms with E-state index in [1.54, 1.807) is 6.20 Å². The number of pyridine rings is 1. The molecule has 0 atom stereocenters. The van der Waals surface area contributed by atoms with Crippen LogP contribution in [0.25, 0.3) is 11.6 Å². The number of aliphatic imine (C=N–C) groups is 1. The summed E-state index contributed by atoms with van der Waals surface area (Å²) in [5.74, 6) is 2.89. The lowest BCUT2D eigenvalue weighted by atomic mass is 10.00. The molecule has 0 radical (unpaired) electrons. The highest BCUT2D eigenvalue weighted by atomic mass is 16.5.